The highest BCUT2D eigenvalue weighted by atomic mass is 35.5. The zero-order valence-electron chi connectivity index (χ0n) is 10.3. The van der Waals surface area contributed by atoms with Gasteiger partial charge in [0.15, 0.2) is 0 Å². The average molecular weight is 291 g/mol. The van der Waals surface area contributed by atoms with Gasteiger partial charge in [0, 0.05) is 30.6 Å². The van der Waals surface area contributed by atoms with Gasteiger partial charge >= 0.3 is 6.18 Å². The van der Waals surface area contributed by atoms with Crippen LogP contribution in [0.4, 0.5) is 13.2 Å². The molecule has 2 nitrogen and oxygen atoms in total. The molecule has 0 radical (unpaired) electrons. The van der Waals surface area contributed by atoms with Crippen LogP contribution in [-0.4, -0.2) is 11.5 Å². The number of hydrogen-bond donors (Lipinski definition) is 2. The highest BCUT2D eigenvalue weighted by molar-refractivity contribution is 5.88. The number of aromatic amines is 1. The number of aryl methyl sites for hydroxylation is 1. The van der Waals surface area contributed by atoms with Gasteiger partial charge in [0.2, 0.25) is 0 Å². The lowest BCUT2D eigenvalue weighted by atomic mass is 10.0. The van der Waals surface area contributed by atoms with Crippen molar-refractivity contribution in [3.05, 3.63) is 34.5 Å². The molecular weight excluding hydrogens is 277 g/mol. The summed E-state index contributed by atoms with van der Waals surface area (Å²) >= 11 is 0. The summed E-state index contributed by atoms with van der Waals surface area (Å²) in [5, 5.41) is 3.89. The maximum absolute atomic E-state index is 13.0. The van der Waals surface area contributed by atoms with E-state index in [2.05, 4.69) is 10.3 Å². The first kappa shape index (κ1) is 14.2. The summed E-state index contributed by atoms with van der Waals surface area (Å²) < 4.78 is 39.1. The molecule has 0 spiro atoms. The first-order chi connectivity index (χ1) is 8.47. The standard InChI is InChI=1S/C13H13F3N2.ClH/c1-7-4-8-9-6-17-3-2-11(9)18-12(8)10(5-7)13(14,15)16;/h4-5,17-18H,2-3,6H2,1H3;1H. The Labute approximate surface area is 114 Å². The van der Waals surface area contributed by atoms with Crippen molar-refractivity contribution in [1.29, 1.82) is 0 Å². The molecule has 0 aliphatic carbocycles. The minimum Gasteiger partial charge on any atom is -0.358 e. The SMILES string of the molecule is Cc1cc(C(F)(F)F)c2[nH]c3c(c2c1)CNCC3.Cl. The van der Waals surface area contributed by atoms with E-state index in [1.54, 1.807) is 6.92 Å². The van der Waals surface area contributed by atoms with Crippen LogP contribution in [0.5, 0.6) is 0 Å². The summed E-state index contributed by atoms with van der Waals surface area (Å²) in [5.41, 5.74) is 2.21. The third-order valence-electron chi connectivity index (χ3n) is 3.41. The van der Waals surface area contributed by atoms with Crippen molar-refractivity contribution in [3.63, 3.8) is 0 Å². The molecule has 1 aliphatic heterocycles. The Morgan fingerprint density at radius 1 is 1.21 bits per heavy atom. The van der Waals surface area contributed by atoms with E-state index in [9.17, 15) is 13.2 Å². The van der Waals surface area contributed by atoms with Crippen LogP contribution in [0.3, 0.4) is 0 Å². The molecule has 3 rings (SSSR count). The number of rotatable bonds is 0. The Bertz CT molecular complexity index is 616. The Morgan fingerprint density at radius 2 is 1.95 bits per heavy atom. The van der Waals surface area contributed by atoms with Crippen LogP contribution < -0.4 is 5.32 Å². The minimum atomic E-state index is -4.31. The molecule has 1 aromatic heterocycles. The zero-order valence-corrected chi connectivity index (χ0v) is 11.1. The Hall–Kier alpha value is -1.20. The topological polar surface area (TPSA) is 27.8 Å². The van der Waals surface area contributed by atoms with Gasteiger partial charge in [-0.3, -0.25) is 0 Å². The summed E-state index contributed by atoms with van der Waals surface area (Å²) in [5.74, 6) is 0. The molecule has 0 bridgehead atoms. The van der Waals surface area contributed by atoms with E-state index in [0.717, 1.165) is 24.2 Å². The van der Waals surface area contributed by atoms with Gasteiger partial charge < -0.3 is 10.3 Å². The molecule has 1 aromatic carbocycles. The molecule has 19 heavy (non-hydrogen) atoms. The largest absolute Gasteiger partial charge is 0.418 e. The van der Waals surface area contributed by atoms with Gasteiger partial charge in [-0.1, -0.05) is 0 Å². The van der Waals surface area contributed by atoms with E-state index in [1.165, 1.54) is 6.07 Å². The quantitative estimate of drug-likeness (QED) is 0.763. The molecule has 104 valence electrons. The van der Waals surface area contributed by atoms with Gasteiger partial charge in [-0.15, -0.1) is 12.4 Å². The van der Waals surface area contributed by atoms with Crippen molar-refractivity contribution in [2.75, 3.05) is 6.54 Å². The first-order valence-corrected chi connectivity index (χ1v) is 5.89. The summed E-state index contributed by atoms with van der Waals surface area (Å²) in [6.07, 6.45) is -3.56. The molecule has 0 fully saturated rings. The molecule has 0 unspecified atom stereocenters. The number of benzene rings is 1. The van der Waals surface area contributed by atoms with Gasteiger partial charge in [0.25, 0.3) is 0 Å². The lowest BCUT2D eigenvalue weighted by Gasteiger charge is -2.12. The van der Waals surface area contributed by atoms with Crippen molar-refractivity contribution in [2.45, 2.75) is 26.1 Å². The number of H-pyrrole nitrogens is 1. The fraction of sp³-hybridized carbons (Fsp3) is 0.385. The summed E-state index contributed by atoms with van der Waals surface area (Å²) in [6.45, 7) is 3.14. The second-order valence-corrected chi connectivity index (χ2v) is 4.74. The predicted octanol–water partition coefficient (Wildman–Crippen LogP) is 3.56. The number of nitrogens with one attached hydrogen (secondary N) is 2. The number of fused-ring (bicyclic) bond motifs is 3. The zero-order chi connectivity index (χ0) is 12.9. The summed E-state index contributed by atoms with van der Waals surface area (Å²) in [6, 6.07) is 3.03. The monoisotopic (exact) mass is 290 g/mol. The Morgan fingerprint density at radius 3 is 2.63 bits per heavy atom. The second-order valence-electron chi connectivity index (χ2n) is 4.74. The maximum Gasteiger partial charge on any atom is 0.418 e. The van der Waals surface area contributed by atoms with Gasteiger partial charge in [0.05, 0.1) is 11.1 Å². The van der Waals surface area contributed by atoms with Gasteiger partial charge in [-0.05, 0) is 30.2 Å². The smallest absolute Gasteiger partial charge is 0.358 e. The predicted molar refractivity (Wildman–Crippen MR) is 70.7 cm³/mol. The van der Waals surface area contributed by atoms with E-state index >= 15 is 0 Å². The molecular formula is C13H14ClF3N2. The van der Waals surface area contributed by atoms with Crippen LogP contribution in [0.15, 0.2) is 12.1 Å². The highest BCUT2D eigenvalue weighted by Gasteiger charge is 2.34. The average Bonchev–Trinajstić information content (AvgIpc) is 2.65. The van der Waals surface area contributed by atoms with Crippen molar-refractivity contribution in [2.24, 2.45) is 0 Å². The van der Waals surface area contributed by atoms with Gasteiger partial charge in [-0.2, -0.15) is 13.2 Å². The molecule has 0 atom stereocenters. The molecule has 2 aromatic rings. The minimum absolute atomic E-state index is 0. The van der Waals surface area contributed by atoms with Crippen LogP contribution in [-0.2, 0) is 19.1 Å². The Balaban J connectivity index is 0.00000133. The lowest BCUT2D eigenvalue weighted by Crippen LogP contribution is -2.22. The summed E-state index contributed by atoms with van der Waals surface area (Å²) in [7, 11) is 0. The third kappa shape index (κ3) is 2.32. The van der Waals surface area contributed by atoms with E-state index in [1.807, 2.05) is 6.07 Å². The normalized spacial score (nSPS) is 15.2. The van der Waals surface area contributed by atoms with Crippen molar-refractivity contribution in [3.8, 4) is 0 Å². The Kier molecular flexibility index (Phi) is 3.53. The van der Waals surface area contributed by atoms with E-state index in [4.69, 9.17) is 0 Å². The van der Waals surface area contributed by atoms with Gasteiger partial charge in [0.1, 0.15) is 0 Å². The fourth-order valence-electron chi connectivity index (χ4n) is 2.61. The van der Waals surface area contributed by atoms with Gasteiger partial charge in [-0.25, -0.2) is 0 Å². The van der Waals surface area contributed by atoms with Crippen molar-refractivity contribution in [1.82, 2.24) is 10.3 Å². The first-order valence-electron chi connectivity index (χ1n) is 5.89. The third-order valence-corrected chi connectivity index (χ3v) is 3.41. The molecule has 2 heterocycles. The molecule has 2 N–H and O–H groups in total. The summed E-state index contributed by atoms with van der Waals surface area (Å²) in [4.78, 5) is 2.96. The lowest BCUT2D eigenvalue weighted by molar-refractivity contribution is -0.136. The van der Waals surface area contributed by atoms with E-state index < -0.39 is 11.7 Å². The van der Waals surface area contributed by atoms with Crippen molar-refractivity contribution >= 4 is 23.3 Å². The van der Waals surface area contributed by atoms with Crippen molar-refractivity contribution < 1.29 is 13.2 Å². The molecule has 0 saturated heterocycles. The van der Waals surface area contributed by atoms with E-state index in [-0.39, 0.29) is 17.9 Å². The van der Waals surface area contributed by atoms with Crippen LogP contribution in [0.25, 0.3) is 10.9 Å². The number of alkyl halides is 3. The number of aromatic nitrogens is 1. The second kappa shape index (κ2) is 4.72. The molecule has 6 heteroatoms. The fourth-order valence-corrected chi connectivity index (χ4v) is 2.61. The number of halogens is 4. The van der Waals surface area contributed by atoms with Crippen LogP contribution in [0, 0.1) is 6.92 Å². The van der Waals surface area contributed by atoms with E-state index in [0.29, 0.717) is 17.5 Å². The van der Waals surface area contributed by atoms with Crippen LogP contribution in [0.1, 0.15) is 22.4 Å². The molecule has 0 amide bonds. The number of hydrogen-bond acceptors (Lipinski definition) is 1. The van der Waals surface area contributed by atoms with Crippen LogP contribution in [0.2, 0.25) is 0 Å². The molecule has 1 aliphatic rings. The maximum atomic E-state index is 13.0. The van der Waals surface area contributed by atoms with Crippen LogP contribution >= 0.6 is 12.4 Å². The molecule has 0 saturated carbocycles. The highest BCUT2D eigenvalue weighted by Crippen LogP contribution is 2.37.